The lowest BCUT2D eigenvalue weighted by molar-refractivity contribution is -0.137. The molecule has 1 aliphatic heterocycles. The molecule has 2 aromatic heterocycles. The molecule has 5 rings (SSSR count). The summed E-state index contributed by atoms with van der Waals surface area (Å²) in [4.78, 5) is 49.1. The molecule has 0 spiro atoms. The molecule has 0 atom stereocenters. The van der Waals surface area contributed by atoms with E-state index in [2.05, 4.69) is 27.9 Å². The highest BCUT2D eigenvalue weighted by Crippen LogP contribution is 2.38. The number of aryl methyl sites for hydroxylation is 1. The number of aromatic nitrogens is 4. The van der Waals surface area contributed by atoms with Crippen molar-refractivity contribution in [2.75, 3.05) is 26.2 Å². The maximum atomic E-state index is 12.8. The summed E-state index contributed by atoms with van der Waals surface area (Å²) >= 11 is 0. The lowest BCUT2D eigenvalue weighted by atomic mass is 9.89. The summed E-state index contributed by atoms with van der Waals surface area (Å²) in [5.74, 6) is -2.02. The number of nitrogens with one attached hydrogen (secondary N) is 2. The molecule has 3 N–H and O–H groups in total. The van der Waals surface area contributed by atoms with Gasteiger partial charge in [0.2, 0.25) is 17.7 Å². The first-order valence-corrected chi connectivity index (χ1v) is 13.1. The van der Waals surface area contributed by atoms with Crippen LogP contribution in [0.3, 0.4) is 0 Å². The number of carboxylic acid groups (broad SMARTS) is 1. The molecule has 1 aliphatic rings. The number of piperidine rings is 1. The second-order valence-electron chi connectivity index (χ2n) is 10.0. The van der Waals surface area contributed by atoms with Gasteiger partial charge in [-0.3, -0.25) is 28.5 Å². The minimum Gasteiger partial charge on any atom is -0.480 e. The molecule has 0 unspecified atom stereocenters. The summed E-state index contributed by atoms with van der Waals surface area (Å²) in [6, 6.07) is 12.1. The fraction of sp³-hybridized carbons (Fsp3) is 0.357. The van der Waals surface area contributed by atoms with Crippen LogP contribution in [0.1, 0.15) is 31.4 Å². The smallest absolute Gasteiger partial charge is 0.322 e. The Morgan fingerprint density at radius 1 is 1.00 bits per heavy atom. The van der Waals surface area contributed by atoms with E-state index in [9.17, 15) is 19.2 Å². The minimum absolute atomic E-state index is 0.0584. The molecule has 0 aliphatic carbocycles. The van der Waals surface area contributed by atoms with E-state index in [1.165, 1.54) is 0 Å². The number of carboxylic acids is 1. The Balaban J connectivity index is 1.49. The summed E-state index contributed by atoms with van der Waals surface area (Å²) in [5, 5.41) is 24.7. The van der Waals surface area contributed by atoms with Gasteiger partial charge in [-0.2, -0.15) is 10.2 Å². The van der Waals surface area contributed by atoms with Gasteiger partial charge in [0.25, 0.3) is 0 Å². The average Bonchev–Trinajstić information content (AvgIpc) is 3.50. The maximum Gasteiger partial charge on any atom is 0.322 e. The predicted molar refractivity (Wildman–Crippen MR) is 147 cm³/mol. The minimum atomic E-state index is -1.16. The summed E-state index contributed by atoms with van der Waals surface area (Å²) < 4.78 is 3.48. The first-order chi connectivity index (χ1) is 19.2. The number of hydrogen-bond donors (Lipinski definition) is 3. The van der Waals surface area contributed by atoms with Crippen LogP contribution in [-0.4, -0.2) is 79.4 Å². The first kappa shape index (κ1) is 26.9. The van der Waals surface area contributed by atoms with Crippen molar-refractivity contribution in [3.05, 3.63) is 48.3 Å². The Labute approximate surface area is 229 Å². The largest absolute Gasteiger partial charge is 0.480 e. The molecular formula is C28H31N7O5. The highest BCUT2D eigenvalue weighted by Gasteiger charge is 2.28. The molecule has 1 fully saturated rings. The maximum absolute atomic E-state index is 12.8. The monoisotopic (exact) mass is 545 g/mol. The zero-order valence-electron chi connectivity index (χ0n) is 22.4. The molecule has 208 valence electrons. The van der Waals surface area contributed by atoms with Crippen molar-refractivity contribution in [3.63, 3.8) is 0 Å². The standard InChI is InChI=1S/C28H31N7O5/c1-17(36)34-10-8-18(9-11-34)28-27-21(19-6-7-20-13-31-33(2)23(20)12-19)4-3-5-22(27)35(32-28)16-25(38)29-14-24(37)30-15-26(39)40/h3-7,12-13,18H,8-11,14-16H2,1-2H3,(H,29,38)(H,30,37)(H,39,40). The molecule has 4 aromatic rings. The zero-order chi connectivity index (χ0) is 28.4. The topological polar surface area (TPSA) is 151 Å². The van der Waals surface area contributed by atoms with Crippen molar-refractivity contribution < 1.29 is 24.3 Å². The lowest BCUT2D eigenvalue weighted by Gasteiger charge is -2.30. The van der Waals surface area contributed by atoms with Gasteiger partial charge in [0, 0.05) is 43.8 Å². The number of benzene rings is 2. The third kappa shape index (κ3) is 5.51. The van der Waals surface area contributed by atoms with Crippen molar-refractivity contribution in [3.8, 4) is 11.1 Å². The van der Waals surface area contributed by atoms with Gasteiger partial charge in [0.15, 0.2) is 0 Å². The number of likely N-dealkylation sites (tertiary alicyclic amines) is 1. The summed E-state index contributed by atoms with van der Waals surface area (Å²) in [6.07, 6.45) is 3.35. The average molecular weight is 546 g/mol. The number of carbonyl (C=O) groups is 4. The Morgan fingerprint density at radius 3 is 2.48 bits per heavy atom. The summed E-state index contributed by atoms with van der Waals surface area (Å²) in [7, 11) is 1.90. The van der Waals surface area contributed by atoms with Gasteiger partial charge in [0.1, 0.15) is 13.1 Å². The fourth-order valence-electron chi connectivity index (χ4n) is 5.29. The SMILES string of the molecule is CC(=O)N1CCC(c2nn(CC(=O)NCC(=O)NCC(=O)O)c3cccc(-c4ccc5cnn(C)c5c4)c23)CC1. The van der Waals surface area contributed by atoms with Crippen molar-refractivity contribution in [1.82, 2.24) is 35.1 Å². The van der Waals surface area contributed by atoms with Crippen molar-refractivity contribution in [2.45, 2.75) is 32.2 Å². The van der Waals surface area contributed by atoms with Crippen LogP contribution in [0.2, 0.25) is 0 Å². The Hall–Kier alpha value is -4.74. The highest BCUT2D eigenvalue weighted by atomic mass is 16.4. The predicted octanol–water partition coefficient (Wildman–Crippen LogP) is 1.63. The summed E-state index contributed by atoms with van der Waals surface area (Å²) in [5.41, 5.74) is 4.66. The Bertz CT molecular complexity index is 1610. The van der Waals surface area contributed by atoms with Gasteiger partial charge in [0.05, 0.1) is 29.5 Å². The number of carbonyl (C=O) groups excluding carboxylic acids is 3. The van der Waals surface area contributed by atoms with Crippen LogP contribution >= 0.6 is 0 Å². The van der Waals surface area contributed by atoms with Crippen LogP contribution in [0.4, 0.5) is 0 Å². The molecule has 3 amide bonds. The van der Waals surface area contributed by atoms with E-state index in [0.29, 0.717) is 13.1 Å². The van der Waals surface area contributed by atoms with Gasteiger partial charge in [-0.15, -0.1) is 0 Å². The normalized spacial score (nSPS) is 14.0. The first-order valence-electron chi connectivity index (χ1n) is 13.1. The lowest BCUT2D eigenvalue weighted by Crippen LogP contribution is -2.40. The number of amides is 3. The van der Waals surface area contributed by atoms with E-state index in [0.717, 1.165) is 51.5 Å². The number of hydrogen-bond acceptors (Lipinski definition) is 6. The van der Waals surface area contributed by atoms with Gasteiger partial charge in [-0.1, -0.05) is 24.3 Å². The van der Waals surface area contributed by atoms with Gasteiger partial charge in [-0.05, 0) is 36.1 Å². The van der Waals surface area contributed by atoms with Crippen LogP contribution in [0.5, 0.6) is 0 Å². The van der Waals surface area contributed by atoms with Crippen LogP contribution < -0.4 is 10.6 Å². The number of nitrogens with zero attached hydrogens (tertiary/aromatic N) is 5. The second kappa shape index (κ2) is 11.2. The molecule has 0 bridgehead atoms. The van der Waals surface area contributed by atoms with Crippen LogP contribution in [-0.2, 0) is 32.8 Å². The van der Waals surface area contributed by atoms with E-state index in [-0.39, 0.29) is 24.9 Å². The molecular weight excluding hydrogens is 514 g/mol. The second-order valence-corrected chi connectivity index (χ2v) is 10.0. The third-order valence-corrected chi connectivity index (χ3v) is 7.37. The Kier molecular flexibility index (Phi) is 7.50. The molecule has 3 heterocycles. The number of rotatable bonds is 8. The molecule has 2 aromatic carbocycles. The molecule has 0 radical (unpaired) electrons. The zero-order valence-corrected chi connectivity index (χ0v) is 22.4. The van der Waals surface area contributed by atoms with E-state index >= 15 is 0 Å². The number of fused-ring (bicyclic) bond motifs is 2. The van der Waals surface area contributed by atoms with Gasteiger partial charge < -0.3 is 20.6 Å². The van der Waals surface area contributed by atoms with E-state index in [1.807, 2.05) is 47.1 Å². The molecule has 1 saturated heterocycles. The Morgan fingerprint density at radius 2 is 1.75 bits per heavy atom. The molecule has 12 nitrogen and oxygen atoms in total. The molecule has 0 saturated carbocycles. The van der Waals surface area contributed by atoms with E-state index < -0.39 is 24.3 Å². The van der Waals surface area contributed by atoms with E-state index in [4.69, 9.17) is 10.2 Å². The van der Waals surface area contributed by atoms with Crippen molar-refractivity contribution in [1.29, 1.82) is 0 Å². The van der Waals surface area contributed by atoms with E-state index in [1.54, 1.807) is 11.6 Å². The van der Waals surface area contributed by atoms with Crippen molar-refractivity contribution >= 4 is 45.5 Å². The summed E-state index contributed by atoms with van der Waals surface area (Å²) in [6.45, 7) is 1.90. The molecule has 12 heteroatoms. The fourth-order valence-corrected chi connectivity index (χ4v) is 5.29. The van der Waals surface area contributed by atoms with Crippen LogP contribution in [0.15, 0.2) is 42.6 Å². The van der Waals surface area contributed by atoms with Crippen molar-refractivity contribution in [2.24, 2.45) is 7.05 Å². The number of aliphatic carboxylic acids is 1. The van der Waals surface area contributed by atoms with Crippen LogP contribution in [0, 0.1) is 0 Å². The van der Waals surface area contributed by atoms with Gasteiger partial charge >= 0.3 is 5.97 Å². The van der Waals surface area contributed by atoms with Gasteiger partial charge in [-0.25, -0.2) is 0 Å². The third-order valence-electron chi connectivity index (χ3n) is 7.37. The highest BCUT2D eigenvalue weighted by molar-refractivity contribution is 5.99. The molecule has 40 heavy (non-hydrogen) atoms. The quantitative estimate of drug-likeness (QED) is 0.304. The van der Waals surface area contributed by atoms with Crippen LogP contribution in [0.25, 0.3) is 32.9 Å².